The number of carbonyl (C=O) groups excluding carboxylic acids is 1. The predicted octanol–water partition coefficient (Wildman–Crippen LogP) is 1.76. The molecular formula is C16H21F11N2O6S. The van der Waals surface area contributed by atoms with Crippen LogP contribution in [0, 0.1) is 0 Å². The first kappa shape index (κ1) is 34.0. The van der Waals surface area contributed by atoms with E-state index in [2.05, 4.69) is 0 Å². The Morgan fingerprint density at radius 2 is 1.28 bits per heavy atom. The fourth-order valence-corrected chi connectivity index (χ4v) is 4.11. The van der Waals surface area contributed by atoms with Gasteiger partial charge in [-0.05, 0) is 0 Å². The quantitative estimate of drug-likeness (QED) is 0.234. The molecule has 0 aliphatic carbocycles. The average molecular weight is 578 g/mol. The molecule has 0 aliphatic heterocycles. The number of halogens is 11. The molecule has 0 aromatic heterocycles. The number of carbonyl (C=O) groups is 2. The Kier molecular flexibility index (Phi) is 10.2. The lowest BCUT2D eigenvalue weighted by molar-refractivity contribution is -0.890. The second kappa shape index (κ2) is 10.8. The number of carboxylic acid groups (broad SMARTS) is 2. The molecule has 0 aromatic rings. The van der Waals surface area contributed by atoms with Gasteiger partial charge in [-0.3, -0.25) is 4.79 Å². The number of quaternary nitrogens is 1. The molecule has 8 nitrogen and oxygen atoms in total. The molecule has 0 spiro atoms. The number of rotatable bonds is 15. The topological polar surface area (TPSA) is 115 Å². The van der Waals surface area contributed by atoms with Crippen LogP contribution in [-0.2, 0) is 19.6 Å². The van der Waals surface area contributed by atoms with Crippen LogP contribution in [0.15, 0.2) is 0 Å². The number of carboxylic acids is 2. The summed E-state index contributed by atoms with van der Waals surface area (Å²) in [5, 5.41) is 11.9. The molecule has 1 N–H and O–H groups in total. The van der Waals surface area contributed by atoms with Crippen molar-refractivity contribution < 1.29 is 81.0 Å². The molecule has 36 heavy (non-hydrogen) atoms. The zero-order chi connectivity index (χ0) is 29.2. The van der Waals surface area contributed by atoms with Crippen molar-refractivity contribution in [2.24, 2.45) is 0 Å². The van der Waals surface area contributed by atoms with Crippen LogP contribution in [0.2, 0.25) is 0 Å². The van der Waals surface area contributed by atoms with E-state index < -0.39 is 87.8 Å². The number of sulfonamides is 1. The average Bonchev–Trinajstić information content (AvgIpc) is 2.67. The van der Waals surface area contributed by atoms with E-state index in [-0.39, 0.29) is 17.6 Å². The highest BCUT2D eigenvalue weighted by Crippen LogP contribution is 2.58. The highest BCUT2D eigenvalue weighted by atomic mass is 32.2. The fraction of sp³-hybridized carbons (Fsp3) is 0.875. The Balaban J connectivity index is 6.24. The molecular weight excluding hydrogens is 557 g/mol. The van der Waals surface area contributed by atoms with Crippen LogP contribution in [0.1, 0.15) is 19.3 Å². The van der Waals surface area contributed by atoms with Gasteiger partial charge in [-0.2, -0.15) is 52.6 Å². The lowest BCUT2D eigenvalue weighted by atomic mass is 10.0. The van der Waals surface area contributed by atoms with Gasteiger partial charge >= 0.3 is 35.2 Å². The lowest BCUT2D eigenvalue weighted by Crippen LogP contribution is -2.69. The normalized spacial score (nSPS) is 14.8. The minimum Gasteiger partial charge on any atom is -0.550 e. The maximum absolute atomic E-state index is 14.3. The highest BCUT2D eigenvalue weighted by Gasteiger charge is 2.89. The molecule has 214 valence electrons. The molecule has 0 heterocycles. The standard InChI is InChI=1S/C16H21F11N2O6S/c1-29(2,9-5-11(32)33)8-3-6-28(7-4-10(30)31)36(34,35)16(26,27)14(21,22)12(17,18)13(19,20)15(23,24)25/h3-9H2,1-2H3,(H-,30,31,32,33). The van der Waals surface area contributed by atoms with Gasteiger partial charge in [0.1, 0.15) is 0 Å². The first-order valence-corrected chi connectivity index (χ1v) is 10.9. The number of aliphatic carboxylic acids is 2. The molecule has 20 heteroatoms. The predicted molar refractivity (Wildman–Crippen MR) is 94.7 cm³/mol. The molecule has 0 aromatic carbocycles. The van der Waals surface area contributed by atoms with E-state index in [1.807, 2.05) is 0 Å². The van der Waals surface area contributed by atoms with Crippen LogP contribution in [0.5, 0.6) is 0 Å². The van der Waals surface area contributed by atoms with Crippen molar-refractivity contribution >= 4 is 22.0 Å². The van der Waals surface area contributed by atoms with Crippen molar-refractivity contribution in [3.05, 3.63) is 0 Å². The third kappa shape index (κ3) is 6.87. The van der Waals surface area contributed by atoms with Gasteiger partial charge in [0.2, 0.25) is 0 Å². The smallest absolute Gasteiger partial charge is 0.460 e. The van der Waals surface area contributed by atoms with Gasteiger partial charge in [0.15, 0.2) is 0 Å². The summed E-state index contributed by atoms with van der Waals surface area (Å²) in [6.07, 6.45) is -10.0. The van der Waals surface area contributed by atoms with E-state index in [1.165, 1.54) is 14.1 Å². The molecule has 0 bridgehead atoms. The largest absolute Gasteiger partial charge is 0.550 e. The summed E-state index contributed by atoms with van der Waals surface area (Å²) in [5.74, 6) is -27.0. The Hall–Kier alpha value is -1.96. The van der Waals surface area contributed by atoms with Gasteiger partial charge in [0.25, 0.3) is 10.0 Å². The highest BCUT2D eigenvalue weighted by molar-refractivity contribution is 7.90. The summed E-state index contributed by atoms with van der Waals surface area (Å²) in [6, 6.07) is 0. The van der Waals surface area contributed by atoms with Gasteiger partial charge in [0.05, 0.1) is 33.6 Å². The summed E-state index contributed by atoms with van der Waals surface area (Å²) in [5.41, 5.74) is 0. The molecule has 0 fully saturated rings. The van der Waals surface area contributed by atoms with Crippen molar-refractivity contribution in [1.29, 1.82) is 0 Å². The molecule has 0 amide bonds. The first-order chi connectivity index (χ1) is 15.7. The van der Waals surface area contributed by atoms with E-state index >= 15 is 0 Å². The first-order valence-electron chi connectivity index (χ1n) is 9.50. The Morgan fingerprint density at radius 3 is 1.67 bits per heavy atom. The van der Waals surface area contributed by atoms with Crippen LogP contribution in [0.3, 0.4) is 0 Å². The molecule has 0 saturated carbocycles. The Labute approximate surface area is 196 Å². The summed E-state index contributed by atoms with van der Waals surface area (Å²) in [6.45, 7) is -3.35. The summed E-state index contributed by atoms with van der Waals surface area (Å²) >= 11 is 0. The van der Waals surface area contributed by atoms with Gasteiger partial charge < -0.3 is 19.5 Å². The van der Waals surface area contributed by atoms with Gasteiger partial charge in [0, 0.05) is 31.9 Å². The summed E-state index contributed by atoms with van der Waals surface area (Å²) < 4.78 is 169. The van der Waals surface area contributed by atoms with E-state index in [1.54, 1.807) is 0 Å². The Morgan fingerprint density at radius 1 is 0.806 bits per heavy atom. The van der Waals surface area contributed by atoms with Gasteiger partial charge in [-0.15, -0.1) is 0 Å². The van der Waals surface area contributed by atoms with Crippen molar-refractivity contribution in [1.82, 2.24) is 4.31 Å². The minimum atomic E-state index is -7.96. The maximum atomic E-state index is 14.3. The number of hydrogen-bond acceptors (Lipinski definition) is 5. The van der Waals surface area contributed by atoms with Crippen molar-refractivity contribution in [2.45, 2.75) is 48.5 Å². The zero-order valence-electron chi connectivity index (χ0n) is 18.4. The molecule has 0 atom stereocenters. The van der Waals surface area contributed by atoms with Crippen molar-refractivity contribution in [3.63, 3.8) is 0 Å². The van der Waals surface area contributed by atoms with Gasteiger partial charge in [-0.25, -0.2) is 8.42 Å². The molecule has 0 unspecified atom stereocenters. The number of alkyl halides is 11. The zero-order valence-corrected chi connectivity index (χ0v) is 19.2. The van der Waals surface area contributed by atoms with Crippen LogP contribution >= 0.6 is 0 Å². The van der Waals surface area contributed by atoms with E-state index in [4.69, 9.17) is 5.11 Å². The number of hydrogen-bond donors (Lipinski definition) is 1. The molecule has 0 rings (SSSR count). The fourth-order valence-electron chi connectivity index (χ4n) is 2.64. The van der Waals surface area contributed by atoms with Gasteiger partial charge in [-0.1, -0.05) is 0 Å². The summed E-state index contributed by atoms with van der Waals surface area (Å²) in [4.78, 5) is 21.2. The second-order valence-corrected chi connectivity index (χ2v) is 10.1. The van der Waals surface area contributed by atoms with Crippen LogP contribution in [0.25, 0.3) is 0 Å². The minimum absolute atomic E-state index is 0.183. The third-order valence-corrected chi connectivity index (χ3v) is 6.79. The number of nitrogens with zero attached hydrogens (tertiary/aromatic N) is 2. The second-order valence-electron chi connectivity index (χ2n) is 8.14. The molecule has 0 aliphatic rings. The van der Waals surface area contributed by atoms with Crippen LogP contribution in [-0.4, -0.2) is 104 Å². The van der Waals surface area contributed by atoms with Crippen molar-refractivity contribution in [3.8, 4) is 0 Å². The molecule has 0 radical (unpaired) electrons. The van der Waals surface area contributed by atoms with E-state index in [0.717, 1.165) is 0 Å². The van der Waals surface area contributed by atoms with Crippen LogP contribution < -0.4 is 5.11 Å². The lowest BCUT2D eigenvalue weighted by Gasteiger charge is -2.38. The SMILES string of the molecule is C[N+](C)(CCCN(CCC(=O)O)S(=O)(=O)C(F)(F)C(F)(F)C(F)(F)C(F)(F)C(F)(F)F)CCC(=O)[O-]. The summed E-state index contributed by atoms with van der Waals surface area (Å²) in [7, 11) is -4.52. The van der Waals surface area contributed by atoms with E-state index in [9.17, 15) is 71.4 Å². The molecule has 0 saturated heterocycles. The Bertz CT molecular complexity index is 907. The van der Waals surface area contributed by atoms with Crippen molar-refractivity contribution in [2.75, 3.05) is 40.3 Å². The third-order valence-electron chi connectivity index (χ3n) is 4.84. The van der Waals surface area contributed by atoms with Crippen LogP contribution in [0.4, 0.5) is 48.3 Å². The maximum Gasteiger partial charge on any atom is 0.460 e. The monoisotopic (exact) mass is 578 g/mol. The van der Waals surface area contributed by atoms with E-state index in [0.29, 0.717) is 0 Å².